The Labute approximate surface area is 107 Å². The van der Waals surface area contributed by atoms with Crippen molar-refractivity contribution in [1.82, 2.24) is 14.6 Å². The van der Waals surface area contributed by atoms with E-state index in [1.54, 1.807) is 0 Å². The molecule has 3 heterocycles. The number of aryl methyl sites for hydroxylation is 1. The molecular weight excluding hydrogens is 226 g/mol. The second-order valence-electron chi connectivity index (χ2n) is 5.35. The number of piperidine rings is 1. The summed E-state index contributed by atoms with van der Waals surface area (Å²) in [4.78, 5) is 6.79. The third-order valence-corrected chi connectivity index (χ3v) is 3.51. The fourth-order valence-electron chi connectivity index (χ4n) is 2.72. The number of hydrogen-bond acceptors (Lipinski definition) is 4. The van der Waals surface area contributed by atoms with Crippen molar-refractivity contribution in [1.29, 1.82) is 0 Å². The number of anilines is 1. The van der Waals surface area contributed by atoms with Gasteiger partial charge in [0.1, 0.15) is 0 Å². The summed E-state index contributed by atoms with van der Waals surface area (Å²) in [6.45, 7) is 6.10. The summed E-state index contributed by atoms with van der Waals surface area (Å²) in [5.74, 6) is 1.40. The molecule has 5 nitrogen and oxygen atoms in total. The molecule has 96 valence electrons. The lowest BCUT2D eigenvalue weighted by atomic mass is 9.97. The van der Waals surface area contributed by atoms with Crippen LogP contribution in [0.15, 0.2) is 18.2 Å². The summed E-state index contributed by atoms with van der Waals surface area (Å²) < 4.78 is 1.89. The van der Waals surface area contributed by atoms with Gasteiger partial charge in [-0.15, -0.1) is 5.10 Å². The lowest BCUT2D eigenvalue weighted by Crippen LogP contribution is -2.46. The van der Waals surface area contributed by atoms with Crippen molar-refractivity contribution in [3.05, 3.63) is 23.9 Å². The Bertz CT molecular complexity index is 552. The van der Waals surface area contributed by atoms with Gasteiger partial charge in [0.05, 0.1) is 0 Å². The lowest BCUT2D eigenvalue weighted by Gasteiger charge is -2.33. The summed E-state index contributed by atoms with van der Waals surface area (Å²) >= 11 is 0. The van der Waals surface area contributed by atoms with Crippen molar-refractivity contribution in [2.24, 2.45) is 11.7 Å². The van der Waals surface area contributed by atoms with Crippen LogP contribution in [0.2, 0.25) is 0 Å². The van der Waals surface area contributed by atoms with Gasteiger partial charge in [0, 0.05) is 24.8 Å². The van der Waals surface area contributed by atoms with Crippen molar-refractivity contribution in [3.63, 3.8) is 0 Å². The Balaban J connectivity index is 1.96. The third kappa shape index (κ3) is 1.95. The van der Waals surface area contributed by atoms with Gasteiger partial charge in [-0.05, 0) is 31.4 Å². The molecular formula is C13H19N5. The summed E-state index contributed by atoms with van der Waals surface area (Å²) in [5.41, 5.74) is 8.07. The molecule has 0 radical (unpaired) electrons. The van der Waals surface area contributed by atoms with E-state index in [-0.39, 0.29) is 6.04 Å². The van der Waals surface area contributed by atoms with E-state index in [1.165, 1.54) is 0 Å². The van der Waals surface area contributed by atoms with E-state index in [1.807, 2.05) is 29.6 Å². The number of fused-ring (bicyclic) bond motifs is 1. The number of aromatic nitrogens is 3. The van der Waals surface area contributed by atoms with Gasteiger partial charge in [-0.2, -0.15) is 4.98 Å². The maximum atomic E-state index is 6.07. The normalized spacial score (nSPS) is 24.7. The van der Waals surface area contributed by atoms with Crippen LogP contribution in [-0.2, 0) is 0 Å². The maximum Gasteiger partial charge on any atom is 0.245 e. The largest absolute Gasteiger partial charge is 0.338 e. The molecule has 0 amide bonds. The fraction of sp³-hybridized carbons (Fsp3) is 0.538. The number of nitrogens with zero attached hydrogens (tertiary/aromatic N) is 4. The van der Waals surface area contributed by atoms with E-state index < -0.39 is 0 Å². The first-order valence-corrected chi connectivity index (χ1v) is 6.46. The first-order chi connectivity index (χ1) is 8.63. The predicted molar refractivity (Wildman–Crippen MR) is 71.7 cm³/mol. The summed E-state index contributed by atoms with van der Waals surface area (Å²) in [5, 5.41) is 4.58. The van der Waals surface area contributed by atoms with E-state index in [0.717, 1.165) is 36.8 Å². The van der Waals surface area contributed by atoms with Gasteiger partial charge < -0.3 is 10.6 Å². The lowest BCUT2D eigenvalue weighted by molar-refractivity contribution is 0.398. The Morgan fingerprint density at radius 1 is 1.33 bits per heavy atom. The molecule has 0 saturated carbocycles. The Hall–Kier alpha value is -1.62. The van der Waals surface area contributed by atoms with E-state index >= 15 is 0 Å². The Kier molecular flexibility index (Phi) is 2.70. The molecule has 1 aliphatic heterocycles. The molecule has 2 N–H and O–H groups in total. The SMILES string of the molecule is Cc1cccc2nc(N3CC(C)CC(N)C3)nn12. The average Bonchev–Trinajstić information content (AvgIpc) is 2.73. The van der Waals surface area contributed by atoms with Gasteiger partial charge in [0.15, 0.2) is 5.65 Å². The Morgan fingerprint density at radius 2 is 2.17 bits per heavy atom. The minimum absolute atomic E-state index is 0.224. The van der Waals surface area contributed by atoms with Gasteiger partial charge >= 0.3 is 0 Å². The monoisotopic (exact) mass is 245 g/mol. The molecule has 2 aromatic rings. The van der Waals surface area contributed by atoms with Crippen molar-refractivity contribution >= 4 is 11.6 Å². The fourth-order valence-corrected chi connectivity index (χ4v) is 2.72. The van der Waals surface area contributed by atoms with Crippen molar-refractivity contribution < 1.29 is 0 Å². The standard InChI is InChI=1S/C13H19N5/c1-9-6-11(14)8-17(7-9)13-15-12-5-3-4-10(2)18(12)16-13/h3-5,9,11H,6-8,14H2,1-2H3. The molecule has 2 atom stereocenters. The molecule has 0 spiro atoms. The van der Waals surface area contributed by atoms with Gasteiger partial charge in [-0.1, -0.05) is 13.0 Å². The Morgan fingerprint density at radius 3 is 2.89 bits per heavy atom. The molecule has 1 saturated heterocycles. The first kappa shape index (κ1) is 11.5. The zero-order valence-corrected chi connectivity index (χ0v) is 10.9. The van der Waals surface area contributed by atoms with Crippen LogP contribution in [0.1, 0.15) is 19.0 Å². The van der Waals surface area contributed by atoms with Gasteiger partial charge in [-0.3, -0.25) is 0 Å². The quantitative estimate of drug-likeness (QED) is 0.820. The second kappa shape index (κ2) is 4.24. The highest BCUT2D eigenvalue weighted by Crippen LogP contribution is 2.20. The smallest absolute Gasteiger partial charge is 0.245 e. The zero-order valence-electron chi connectivity index (χ0n) is 10.9. The van der Waals surface area contributed by atoms with Crippen LogP contribution in [0.5, 0.6) is 0 Å². The van der Waals surface area contributed by atoms with Gasteiger partial charge in [-0.25, -0.2) is 4.52 Å². The van der Waals surface area contributed by atoms with Crippen LogP contribution in [-0.4, -0.2) is 33.7 Å². The highest BCUT2D eigenvalue weighted by molar-refractivity contribution is 5.46. The highest BCUT2D eigenvalue weighted by atomic mass is 15.4. The van der Waals surface area contributed by atoms with E-state index in [4.69, 9.17) is 5.73 Å². The highest BCUT2D eigenvalue weighted by Gasteiger charge is 2.24. The third-order valence-electron chi connectivity index (χ3n) is 3.51. The minimum atomic E-state index is 0.224. The topological polar surface area (TPSA) is 59.5 Å². The van der Waals surface area contributed by atoms with Crippen molar-refractivity contribution in [2.45, 2.75) is 26.3 Å². The van der Waals surface area contributed by atoms with Crippen LogP contribution >= 0.6 is 0 Å². The molecule has 1 fully saturated rings. The van der Waals surface area contributed by atoms with Gasteiger partial charge in [0.2, 0.25) is 5.95 Å². The zero-order chi connectivity index (χ0) is 12.7. The van der Waals surface area contributed by atoms with Crippen molar-refractivity contribution in [2.75, 3.05) is 18.0 Å². The second-order valence-corrected chi connectivity index (χ2v) is 5.35. The summed E-state index contributed by atoms with van der Waals surface area (Å²) in [7, 11) is 0. The molecule has 5 heteroatoms. The van der Waals surface area contributed by atoms with E-state index in [9.17, 15) is 0 Å². The molecule has 1 aliphatic rings. The maximum absolute atomic E-state index is 6.07. The molecule has 0 bridgehead atoms. The van der Waals surface area contributed by atoms with Crippen LogP contribution in [0.4, 0.5) is 5.95 Å². The van der Waals surface area contributed by atoms with E-state index in [2.05, 4.69) is 21.9 Å². The molecule has 2 aromatic heterocycles. The number of pyridine rings is 1. The minimum Gasteiger partial charge on any atom is -0.338 e. The van der Waals surface area contributed by atoms with Crippen LogP contribution in [0.25, 0.3) is 5.65 Å². The summed E-state index contributed by atoms with van der Waals surface area (Å²) in [6.07, 6.45) is 1.09. The molecule has 18 heavy (non-hydrogen) atoms. The average molecular weight is 245 g/mol. The van der Waals surface area contributed by atoms with Crippen LogP contribution in [0.3, 0.4) is 0 Å². The molecule has 3 rings (SSSR count). The molecule has 0 aliphatic carbocycles. The molecule has 0 aromatic carbocycles. The van der Waals surface area contributed by atoms with Crippen LogP contribution < -0.4 is 10.6 Å². The predicted octanol–water partition coefficient (Wildman–Crippen LogP) is 1.21. The van der Waals surface area contributed by atoms with Gasteiger partial charge in [0.25, 0.3) is 0 Å². The first-order valence-electron chi connectivity index (χ1n) is 6.46. The molecule has 2 unspecified atom stereocenters. The van der Waals surface area contributed by atoms with Crippen LogP contribution in [0, 0.1) is 12.8 Å². The number of nitrogens with two attached hydrogens (primary N) is 1. The summed E-state index contributed by atoms with van der Waals surface area (Å²) in [6, 6.07) is 6.25. The van der Waals surface area contributed by atoms with Crippen molar-refractivity contribution in [3.8, 4) is 0 Å². The number of hydrogen-bond donors (Lipinski definition) is 1. The van der Waals surface area contributed by atoms with E-state index in [0.29, 0.717) is 5.92 Å². The number of rotatable bonds is 1.